The monoisotopic (exact) mass is 367 g/mol. The van der Waals surface area contributed by atoms with Crippen LogP contribution >= 0.6 is 0 Å². The van der Waals surface area contributed by atoms with Crippen LogP contribution in [0.25, 0.3) is 0 Å². The number of benzene rings is 1. The maximum Gasteiger partial charge on any atom is 0.240 e. The molecule has 2 rings (SSSR count). The van der Waals surface area contributed by atoms with E-state index in [0.717, 1.165) is 37.8 Å². The van der Waals surface area contributed by atoms with Crippen LogP contribution in [0.4, 0.5) is 5.69 Å². The van der Waals surface area contributed by atoms with Crippen molar-refractivity contribution < 1.29 is 13.2 Å². The molecule has 3 N–H and O–H groups in total. The zero-order valence-electron chi connectivity index (χ0n) is 15.0. The van der Waals surface area contributed by atoms with Gasteiger partial charge in [-0.15, -0.1) is 0 Å². The molecule has 1 aromatic carbocycles. The van der Waals surface area contributed by atoms with E-state index in [9.17, 15) is 13.2 Å². The lowest BCUT2D eigenvalue weighted by molar-refractivity contribution is -0.113. The average molecular weight is 368 g/mol. The summed E-state index contributed by atoms with van der Waals surface area (Å²) in [5.74, 6) is -0.410. The summed E-state index contributed by atoms with van der Waals surface area (Å²) in [5, 5.41) is 5.89. The predicted molar refractivity (Wildman–Crippen MR) is 101 cm³/mol. The van der Waals surface area contributed by atoms with Crippen molar-refractivity contribution in [1.82, 2.24) is 10.0 Å². The summed E-state index contributed by atoms with van der Waals surface area (Å²) in [7, 11) is -3.62. The summed E-state index contributed by atoms with van der Waals surface area (Å²) >= 11 is 0. The van der Waals surface area contributed by atoms with Crippen molar-refractivity contribution in [1.29, 1.82) is 0 Å². The van der Waals surface area contributed by atoms with Crippen LogP contribution in [0.15, 0.2) is 24.3 Å². The smallest absolute Gasteiger partial charge is 0.240 e. The van der Waals surface area contributed by atoms with Gasteiger partial charge in [0.25, 0.3) is 0 Å². The standard InChI is InChI=1S/C18H29N3O3S/c1-3-19-12-15-5-4-6-17(11-15)20-18(22)13-25(23,24)21-16-9-7-14(2)8-10-16/h4-6,11,14,16,19,21H,3,7-10,12-13H2,1-2H3,(H,20,22). The number of nitrogens with one attached hydrogen (secondary N) is 3. The molecule has 0 spiro atoms. The molecule has 0 aliphatic heterocycles. The van der Waals surface area contributed by atoms with Crippen molar-refractivity contribution in [2.75, 3.05) is 17.6 Å². The SMILES string of the molecule is CCNCc1cccc(NC(=O)CS(=O)(=O)NC2CCC(C)CC2)c1. The summed E-state index contributed by atoms with van der Waals surface area (Å²) in [6.07, 6.45) is 3.74. The van der Waals surface area contributed by atoms with Crippen LogP contribution in [0.5, 0.6) is 0 Å². The van der Waals surface area contributed by atoms with Crippen molar-refractivity contribution in [3.8, 4) is 0 Å². The number of carbonyl (C=O) groups is 1. The summed E-state index contributed by atoms with van der Waals surface area (Å²) in [6, 6.07) is 7.37. The fourth-order valence-corrected chi connectivity index (χ4v) is 4.32. The Hall–Kier alpha value is -1.44. The van der Waals surface area contributed by atoms with Crippen molar-refractivity contribution >= 4 is 21.6 Å². The third kappa shape index (κ3) is 7.13. The molecule has 1 saturated carbocycles. The molecular formula is C18H29N3O3S. The molecule has 1 aromatic rings. The highest BCUT2D eigenvalue weighted by Crippen LogP contribution is 2.23. The zero-order chi connectivity index (χ0) is 18.3. The highest BCUT2D eigenvalue weighted by Gasteiger charge is 2.24. The van der Waals surface area contributed by atoms with Gasteiger partial charge in [-0.1, -0.05) is 26.0 Å². The van der Waals surface area contributed by atoms with E-state index < -0.39 is 21.7 Å². The Bertz CT molecular complexity index is 668. The minimum atomic E-state index is -3.62. The molecule has 140 valence electrons. The number of hydrogen-bond acceptors (Lipinski definition) is 4. The van der Waals surface area contributed by atoms with Gasteiger partial charge in [-0.25, -0.2) is 13.1 Å². The molecule has 1 aliphatic rings. The number of carbonyl (C=O) groups excluding carboxylic acids is 1. The fraction of sp³-hybridized carbons (Fsp3) is 0.611. The second-order valence-electron chi connectivity index (χ2n) is 6.86. The molecule has 0 radical (unpaired) electrons. The van der Waals surface area contributed by atoms with Gasteiger partial charge in [0.05, 0.1) is 0 Å². The molecule has 0 aromatic heterocycles. The number of sulfonamides is 1. The van der Waals surface area contributed by atoms with Gasteiger partial charge in [0.2, 0.25) is 15.9 Å². The fourth-order valence-electron chi connectivity index (χ4n) is 3.07. The summed E-state index contributed by atoms with van der Waals surface area (Å²) in [6.45, 7) is 5.78. The van der Waals surface area contributed by atoms with E-state index in [2.05, 4.69) is 22.3 Å². The van der Waals surface area contributed by atoms with Crippen LogP contribution in [-0.4, -0.2) is 32.7 Å². The molecular weight excluding hydrogens is 338 g/mol. The maximum absolute atomic E-state index is 12.2. The van der Waals surface area contributed by atoms with Crippen LogP contribution < -0.4 is 15.4 Å². The van der Waals surface area contributed by atoms with Gasteiger partial charge in [-0.2, -0.15) is 0 Å². The van der Waals surface area contributed by atoms with Crippen molar-refractivity contribution in [2.24, 2.45) is 5.92 Å². The van der Waals surface area contributed by atoms with E-state index in [4.69, 9.17) is 0 Å². The molecule has 0 bridgehead atoms. The highest BCUT2D eigenvalue weighted by molar-refractivity contribution is 7.90. The summed E-state index contributed by atoms with van der Waals surface area (Å²) in [4.78, 5) is 12.1. The average Bonchev–Trinajstić information content (AvgIpc) is 2.54. The molecule has 0 heterocycles. The number of rotatable bonds is 8. The van der Waals surface area contributed by atoms with Crippen LogP contribution in [0.2, 0.25) is 0 Å². The van der Waals surface area contributed by atoms with E-state index in [1.807, 2.05) is 25.1 Å². The van der Waals surface area contributed by atoms with Crippen LogP contribution in [0, 0.1) is 5.92 Å². The van der Waals surface area contributed by atoms with Gasteiger partial charge in [-0.3, -0.25) is 4.79 Å². The normalized spacial score (nSPS) is 21.0. The minimum absolute atomic E-state index is 0.0440. The number of anilines is 1. The first kappa shape index (κ1) is 19.9. The second-order valence-corrected chi connectivity index (χ2v) is 8.62. The Balaban J connectivity index is 1.86. The summed E-state index contributed by atoms with van der Waals surface area (Å²) < 4.78 is 27.1. The molecule has 7 heteroatoms. The first-order valence-corrected chi connectivity index (χ1v) is 10.6. The Morgan fingerprint density at radius 3 is 2.60 bits per heavy atom. The van der Waals surface area contributed by atoms with Gasteiger partial charge in [-0.05, 0) is 55.8 Å². The second kappa shape index (κ2) is 9.31. The first-order valence-electron chi connectivity index (χ1n) is 8.97. The van der Waals surface area contributed by atoms with E-state index >= 15 is 0 Å². The number of amides is 1. The van der Waals surface area contributed by atoms with Crippen LogP contribution in [0.1, 0.15) is 45.1 Å². The minimum Gasteiger partial charge on any atom is -0.325 e. The lowest BCUT2D eigenvalue weighted by atomic mass is 9.88. The summed E-state index contributed by atoms with van der Waals surface area (Å²) in [5.41, 5.74) is 1.65. The Labute approximate surface area is 150 Å². The Morgan fingerprint density at radius 1 is 1.20 bits per heavy atom. The third-order valence-electron chi connectivity index (χ3n) is 4.47. The van der Waals surface area contributed by atoms with Crippen LogP contribution in [-0.2, 0) is 21.4 Å². The van der Waals surface area contributed by atoms with Gasteiger partial charge < -0.3 is 10.6 Å². The zero-order valence-corrected chi connectivity index (χ0v) is 15.9. The van der Waals surface area contributed by atoms with Crippen LogP contribution in [0.3, 0.4) is 0 Å². The molecule has 1 aliphatic carbocycles. The van der Waals surface area contributed by atoms with E-state index in [1.54, 1.807) is 6.07 Å². The van der Waals surface area contributed by atoms with E-state index in [1.165, 1.54) is 0 Å². The topological polar surface area (TPSA) is 87.3 Å². The van der Waals surface area contributed by atoms with Crippen molar-refractivity contribution in [3.05, 3.63) is 29.8 Å². The molecule has 0 saturated heterocycles. The molecule has 25 heavy (non-hydrogen) atoms. The molecule has 0 unspecified atom stereocenters. The molecule has 0 atom stereocenters. The highest BCUT2D eigenvalue weighted by atomic mass is 32.2. The van der Waals surface area contributed by atoms with Gasteiger partial charge in [0, 0.05) is 18.3 Å². The number of hydrogen-bond donors (Lipinski definition) is 3. The maximum atomic E-state index is 12.2. The van der Waals surface area contributed by atoms with E-state index in [-0.39, 0.29) is 6.04 Å². The first-order chi connectivity index (χ1) is 11.9. The van der Waals surface area contributed by atoms with Crippen molar-refractivity contribution in [3.63, 3.8) is 0 Å². The Kier molecular flexibility index (Phi) is 7.40. The van der Waals surface area contributed by atoms with Gasteiger partial charge >= 0.3 is 0 Å². The quantitative estimate of drug-likeness (QED) is 0.657. The molecule has 1 amide bonds. The molecule has 6 nitrogen and oxygen atoms in total. The lowest BCUT2D eigenvalue weighted by Gasteiger charge is -2.26. The predicted octanol–water partition coefficient (Wildman–Crippen LogP) is 2.23. The van der Waals surface area contributed by atoms with Gasteiger partial charge in [0.15, 0.2) is 0 Å². The molecule has 1 fully saturated rings. The third-order valence-corrected chi connectivity index (χ3v) is 5.81. The van der Waals surface area contributed by atoms with Gasteiger partial charge in [0.1, 0.15) is 5.75 Å². The van der Waals surface area contributed by atoms with E-state index in [0.29, 0.717) is 18.2 Å². The van der Waals surface area contributed by atoms with Crippen molar-refractivity contribution in [2.45, 2.75) is 52.1 Å². The lowest BCUT2D eigenvalue weighted by Crippen LogP contribution is -2.41. The Morgan fingerprint density at radius 2 is 1.92 bits per heavy atom. The largest absolute Gasteiger partial charge is 0.325 e.